The molecule has 0 radical (unpaired) electrons. The lowest BCUT2D eigenvalue weighted by Crippen LogP contribution is -2.23. The van der Waals surface area contributed by atoms with Gasteiger partial charge in [-0.25, -0.2) is 18.5 Å². The van der Waals surface area contributed by atoms with E-state index in [1.54, 1.807) is 20.8 Å². The molecule has 9 nitrogen and oxygen atoms in total. The van der Waals surface area contributed by atoms with Crippen molar-refractivity contribution in [2.24, 2.45) is 10.1 Å². The van der Waals surface area contributed by atoms with Gasteiger partial charge in [0.2, 0.25) is 10.0 Å². The molecule has 0 unspecified atom stereocenters. The number of sulfonamides is 1. The second-order valence-electron chi connectivity index (χ2n) is 6.01. The number of benzene rings is 1. The van der Waals surface area contributed by atoms with Gasteiger partial charge in [0.15, 0.2) is 4.80 Å². The van der Waals surface area contributed by atoms with Crippen molar-refractivity contribution >= 4 is 54.8 Å². The number of aryl methyl sites for hydroxylation is 2. The number of nitrogens with zero attached hydrogens (tertiary/aromatic N) is 3. The summed E-state index contributed by atoms with van der Waals surface area (Å²) in [7, 11) is -3.90. The maximum Gasteiger partial charge on any atom is 0.326 e. The highest BCUT2D eigenvalue weighted by Crippen LogP contribution is 2.22. The first-order valence-corrected chi connectivity index (χ1v) is 11.6. The molecule has 29 heavy (non-hydrogen) atoms. The predicted molar refractivity (Wildman–Crippen MR) is 109 cm³/mol. The largest absolute Gasteiger partial charge is 0.465 e. The Balaban J connectivity index is 2.19. The standard InChI is InChI=1S/C17H18N4O5S3/c1-4-26-14(22)8-21-12-6-5-11(29(18,24)25)7-13(12)28-17(21)20-16(23)15-9(2)19-10(3)27-15/h5-7H,4,8H2,1-3H3,(H2,18,24,25). The number of nitrogens with two attached hydrogens (primary N) is 1. The monoisotopic (exact) mass is 454 g/mol. The second kappa shape index (κ2) is 8.14. The van der Waals surface area contributed by atoms with Crippen LogP contribution >= 0.6 is 22.7 Å². The third kappa shape index (κ3) is 4.61. The van der Waals surface area contributed by atoms with E-state index >= 15 is 0 Å². The Morgan fingerprint density at radius 3 is 2.59 bits per heavy atom. The second-order valence-corrected chi connectivity index (χ2v) is 9.79. The summed E-state index contributed by atoms with van der Waals surface area (Å²) in [6.07, 6.45) is 0. The fourth-order valence-electron chi connectivity index (χ4n) is 2.67. The summed E-state index contributed by atoms with van der Waals surface area (Å²) in [5.41, 5.74) is 1.12. The van der Waals surface area contributed by atoms with E-state index in [0.29, 0.717) is 20.8 Å². The van der Waals surface area contributed by atoms with Gasteiger partial charge in [-0.15, -0.1) is 11.3 Å². The first kappa shape index (κ1) is 21.3. The molecule has 1 amide bonds. The van der Waals surface area contributed by atoms with Crippen LogP contribution in [0.5, 0.6) is 0 Å². The summed E-state index contributed by atoms with van der Waals surface area (Å²) in [6.45, 7) is 5.25. The zero-order chi connectivity index (χ0) is 21.3. The Bertz CT molecular complexity index is 1280. The van der Waals surface area contributed by atoms with Crippen molar-refractivity contribution in [1.29, 1.82) is 0 Å². The zero-order valence-electron chi connectivity index (χ0n) is 15.8. The SMILES string of the molecule is CCOC(=O)Cn1c(=NC(=O)c2sc(C)nc2C)sc2cc(S(N)(=O)=O)ccc21. The molecule has 2 N–H and O–H groups in total. The van der Waals surface area contributed by atoms with Crippen molar-refractivity contribution in [3.8, 4) is 0 Å². The number of fused-ring (bicyclic) bond motifs is 1. The molecular formula is C17H18N4O5S3. The number of primary sulfonamides is 1. The molecule has 3 aromatic rings. The number of ether oxygens (including phenoxy) is 1. The smallest absolute Gasteiger partial charge is 0.326 e. The Labute approximate surface area is 174 Å². The maximum atomic E-state index is 12.7. The molecule has 2 heterocycles. The molecular weight excluding hydrogens is 436 g/mol. The van der Waals surface area contributed by atoms with Gasteiger partial charge in [0.1, 0.15) is 11.4 Å². The number of aromatic nitrogens is 2. The van der Waals surface area contributed by atoms with Gasteiger partial charge in [-0.1, -0.05) is 11.3 Å². The molecule has 3 rings (SSSR count). The number of carbonyl (C=O) groups excluding carboxylic acids is 2. The Morgan fingerprint density at radius 1 is 1.28 bits per heavy atom. The highest BCUT2D eigenvalue weighted by Gasteiger charge is 2.17. The number of rotatable bonds is 5. The minimum atomic E-state index is -3.90. The fourth-order valence-corrected chi connectivity index (χ4v) is 5.16. The average Bonchev–Trinajstić information content (AvgIpc) is 3.13. The lowest BCUT2D eigenvalue weighted by molar-refractivity contribution is -0.143. The van der Waals surface area contributed by atoms with Crippen LogP contribution in [0.3, 0.4) is 0 Å². The third-order valence-corrected chi connectivity index (χ3v) is 6.88. The summed E-state index contributed by atoms with van der Waals surface area (Å²) < 4.78 is 30.3. The van der Waals surface area contributed by atoms with Crippen LogP contribution in [0.2, 0.25) is 0 Å². The summed E-state index contributed by atoms with van der Waals surface area (Å²) in [5.74, 6) is -0.981. The van der Waals surface area contributed by atoms with Gasteiger partial charge in [-0.05, 0) is 39.0 Å². The van der Waals surface area contributed by atoms with Gasteiger partial charge in [-0.3, -0.25) is 9.59 Å². The predicted octanol–water partition coefficient (Wildman–Crippen LogP) is 1.73. The lowest BCUT2D eigenvalue weighted by Gasteiger charge is -2.05. The summed E-state index contributed by atoms with van der Waals surface area (Å²) in [5, 5.41) is 5.95. The van der Waals surface area contributed by atoms with Gasteiger partial charge in [0.05, 0.1) is 32.4 Å². The molecule has 0 aliphatic heterocycles. The van der Waals surface area contributed by atoms with Crippen LogP contribution in [0.1, 0.15) is 27.3 Å². The van der Waals surface area contributed by atoms with E-state index in [1.807, 2.05) is 0 Å². The lowest BCUT2D eigenvalue weighted by atomic mass is 10.3. The van der Waals surface area contributed by atoms with E-state index in [0.717, 1.165) is 16.3 Å². The molecule has 0 aliphatic carbocycles. The molecule has 2 aromatic heterocycles. The quantitative estimate of drug-likeness (QED) is 0.584. The van der Waals surface area contributed by atoms with Crippen molar-refractivity contribution in [2.75, 3.05) is 6.61 Å². The summed E-state index contributed by atoms with van der Waals surface area (Å²) >= 11 is 2.32. The van der Waals surface area contributed by atoms with Gasteiger partial charge in [-0.2, -0.15) is 4.99 Å². The third-order valence-electron chi connectivity index (χ3n) is 3.87. The number of carbonyl (C=O) groups is 2. The van der Waals surface area contributed by atoms with Crippen LogP contribution in [-0.4, -0.2) is 36.5 Å². The number of thiazole rings is 2. The molecule has 0 spiro atoms. The van der Waals surface area contributed by atoms with Gasteiger partial charge >= 0.3 is 5.97 Å². The molecule has 0 saturated carbocycles. The number of hydrogen-bond donors (Lipinski definition) is 1. The first-order valence-electron chi connectivity index (χ1n) is 8.45. The number of hydrogen-bond acceptors (Lipinski definition) is 8. The number of amides is 1. The zero-order valence-corrected chi connectivity index (χ0v) is 18.3. The highest BCUT2D eigenvalue weighted by molar-refractivity contribution is 7.89. The van der Waals surface area contributed by atoms with E-state index in [4.69, 9.17) is 9.88 Å². The van der Waals surface area contributed by atoms with Crippen LogP contribution in [0.15, 0.2) is 28.1 Å². The molecule has 154 valence electrons. The fraction of sp³-hybridized carbons (Fsp3) is 0.294. The molecule has 0 fully saturated rings. The topological polar surface area (TPSA) is 134 Å². The van der Waals surface area contributed by atoms with E-state index in [-0.39, 0.29) is 22.8 Å². The van der Waals surface area contributed by atoms with Crippen LogP contribution in [-0.2, 0) is 26.1 Å². The van der Waals surface area contributed by atoms with Crippen LogP contribution in [0, 0.1) is 13.8 Å². The highest BCUT2D eigenvalue weighted by atomic mass is 32.2. The molecule has 0 bridgehead atoms. The van der Waals surface area contributed by atoms with Gasteiger partial charge < -0.3 is 9.30 Å². The molecule has 12 heteroatoms. The first-order chi connectivity index (χ1) is 13.6. The Hall–Kier alpha value is -2.41. The normalized spacial score (nSPS) is 12.5. The van der Waals surface area contributed by atoms with E-state index < -0.39 is 21.9 Å². The van der Waals surface area contributed by atoms with Crippen molar-refractivity contribution in [2.45, 2.75) is 32.2 Å². The molecule has 0 saturated heterocycles. The van der Waals surface area contributed by atoms with Crippen molar-refractivity contribution in [3.63, 3.8) is 0 Å². The van der Waals surface area contributed by atoms with Crippen molar-refractivity contribution in [1.82, 2.24) is 9.55 Å². The molecule has 1 aromatic carbocycles. The Morgan fingerprint density at radius 2 is 2.00 bits per heavy atom. The van der Waals surface area contributed by atoms with E-state index in [2.05, 4.69) is 9.98 Å². The van der Waals surface area contributed by atoms with Crippen LogP contribution < -0.4 is 9.94 Å². The summed E-state index contributed by atoms with van der Waals surface area (Å²) in [6, 6.07) is 4.26. The van der Waals surface area contributed by atoms with Crippen molar-refractivity contribution < 1.29 is 22.7 Å². The van der Waals surface area contributed by atoms with Gasteiger partial charge in [0.25, 0.3) is 5.91 Å². The average molecular weight is 455 g/mol. The molecule has 0 aliphatic rings. The maximum absolute atomic E-state index is 12.7. The van der Waals surface area contributed by atoms with Crippen molar-refractivity contribution in [3.05, 3.63) is 38.6 Å². The van der Waals surface area contributed by atoms with Gasteiger partial charge in [0, 0.05) is 0 Å². The van der Waals surface area contributed by atoms with E-state index in [1.165, 1.54) is 34.1 Å². The summed E-state index contributed by atoms with van der Waals surface area (Å²) in [4.78, 5) is 33.7. The van der Waals surface area contributed by atoms with E-state index in [9.17, 15) is 18.0 Å². The molecule has 0 atom stereocenters. The van der Waals surface area contributed by atoms with Crippen LogP contribution in [0.25, 0.3) is 10.2 Å². The number of esters is 1. The van der Waals surface area contributed by atoms with Crippen LogP contribution in [0.4, 0.5) is 0 Å². The Kier molecular flexibility index (Phi) is 5.98. The minimum Gasteiger partial charge on any atom is -0.465 e. The minimum absolute atomic E-state index is 0.0682.